The van der Waals surface area contributed by atoms with Crippen LogP contribution < -0.4 is 10.1 Å². The first-order valence-electron chi connectivity index (χ1n) is 5.05. The highest BCUT2D eigenvalue weighted by Gasteiger charge is 2.07. The normalized spacial score (nSPS) is 13.4. The lowest BCUT2D eigenvalue weighted by Gasteiger charge is -2.14. The maximum atomic E-state index is 11.2. The summed E-state index contributed by atoms with van der Waals surface area (Å²) in [7, 11) is -1.27. The Bertz CT molecular complexity index is 425. The average Bonchev–Trinajstić information content (AvgIpc) is 2.17. The van der Waals surface area contributed by atoms with Crippen molar-refractivity contribution in [1.82, 2.24) is 5.32 Å². The fourth-order valence-electron chi connectivity index (χ4n) is 1.33. The van der Waals surface area contributed by atoms with E-state index in [1.54, 1.807) is 24.3 Å². The lowest BCUT2D eigenvalue weighted by atomic mass is 10.3. The third-order valence-electron chi connectivity index (χ3n) is 2.08. The molecule has 4 nitrogen and oxygen atoms in total. The number of ether oxygens (including phenoxy) is 1. The Hall–Kier alpha value is -1.07. The van der Waals surface area contributed by atoms with Gasteiger partial charge in [-0.3, -0.25) is 0 Å². The number of hydrogen-bond donors (Lipinski definition) is 1. The van der Waals surface area contributed by atoms with Gasteiger partial charge in [0.05, 0.1) is 4.90 Å². The summed E-state index contributed by atoms with van der Waals surface area (Å²) in [4.78, 5) is 0.307. The molecule has 16 heavy (non-hydrogen) atoms. The van der Waals surface area contributed by atoms with Crippen LogP contribution in [-0.2, 0) is 9.84 Å². The number of rotatable bonds is 5. The van der Waals surface area contributed by atoms with E-state index in [0.29, 0.717) is 10.6 Å². The highest BCUT2D eigenvalue weighted by atomic mass is 32.2. The van der Waals surface area contributed by atoms with Gasteiger partial charge in [0.2, 0.25) is 0 Å². The summed E-state index contributed by atoms with van der Waals surface area (Å²) in [5, 5.41) is 3.00. The molecule has 0 heterocycles. The van der Waals surface area contributed by atoms with E-state index in [4.69, 9.17) is 4.74 Å². The molecule has 5 heteroatoms. The number of likely N-dealkylation sites (N-methyl/N-ethyl adjacent to an activating group) is 1. The van der Waals surface area contributed by atoms with E-state index in [9.17, 15) is 8.42 Å². The largest absolute Gasteiger partial charge is 0.489 e. The molecule has 0 saturated carbocycles. The third-order valence-corrected chi connectivity index (χ3v) is 3.21. The standard InChI is InChI=1S/C11H17NO3S/c1-9(8-12-2)15-10-4-6-11(7-5-10)16(3,13)14/h4-7,9,12H,8H2,1-3H3. The predicted octanol–water partition coefficient (Wildman–Crippen LogP) is 1.08. The van der Waals surface area contributed by atoms with Crippen LogP contribution in [0.4, 0.5) is 0 Å². The van der Waals surface area contributed by atoms with Gasteiger partial charge in [-0.05, 0) is 38.2 Å². The van der Waals surface area contributed by atoms with E-state index in [0.717, 1.165) is 6.54 Å². The van der Waals surface area contributed by atoms with E-state index in [2.05, 4.69) is 5.32 Å². The van der Waals surface area contributed by atoms with Crippen LogP contribution in [0.25, 0.3) is 0 Å². The summed E-state index contributed by atoms with van der Waals surface area (Å²) in [6, 6.07) is 6.44. The van der Waals surface area contributed by atoms with E-state index >= 15 is 0 Å². The Kier molecular flexibility index (Phi) is 4.32. The fraction of sp³-hybridized carbons (Fsp3) is 0.455. The van der Waals surface area contributed by atoms with Gasteiger partial charge in [-0.2, -0.15) is 0 Å². The minimum atomic E-state index is -3.13. The van der Waals surface area contributed by atoms with Crippen molar-refractivity contribution >= 4 is 9.84 Å². The van der Waals surface area contributed by atoms with Crippen LogP contribution in [-0.4, -0.2) is 34.4 Å². The first-order valence-corrected chi connectivity index (χ1v) is 6.94. The lowest BCUT2D eigenvalue weighted by molar-refractivity contribution is 0.220. The molecular formula is C11H17NO3S. The number of benzene rings is 1. The second kappa shape index (κ2) is 5.32. The molecule has 0 aliphatic carbocycles. The molecule has 0 bridgehead atoms. The summed E-state index contributed by atoms with van der Waals surface area (Å²) >= 11 is 0. The number of nitrogens with one attached hydrogen (secondary N) is 1. The molecule has 0 aliphatic heterocycles. The SMILES string of the molecule is CNCC(C)Oc1ccc(S(C)(=O)=O)cc1. The molecule has 0 radical (unpaired) electrons. The smallest absolute Gasteiger partial charge is 0.175 e. The van der Waals surface area contributed by atoms with Gasteiger partial charge in [-0.15, -0.1) is 0 Å². The predicted molar refractivity (Wildman–Crippen MR) is 63.6 cm³/mol. The highest BCUT2D eigenvalue weighted by Crippen LogP contribution is 2.16. The Morgan fingerprint density at radius 1 is 1.31 bits per heavy atom. The first-order chi connectivity index (χ1) is 7.43. The molecule has 0 saturated heterocycles. The zero-order valence-electron chi connectivity index (χ0n) is 9.73. The summed E-state index contributed by atoms with van der Waals surface area (Å²) in [6.45, 7) is 2.69. The van der Waals surface area contributed by atoms with Crippen molar-refractivity contribution in [3.05, 3.63) is 24.3 Å². The van der Waals surface area contributed by atoms with Crippen LogP contribution in [0.2, 0.25) is 0 Å². The second-order valence-electron chi connectivity index (χ2n) is 3.73. The van der Waals surface area contributed by atoms with Gasteiger partial charge in [0.15, 0.2) is 9.84 Å². The van der Waals surface area contributed by atoms with Crippen molar-refractivity contribution in [2.75, 3.05) is 19.8 Å². The van der Waals surface area contributed by atoms with Gasteiger partial charge in [-0.1, -0.05) is 0 Å². The second-order valence-corrected chi connectivity index (χ2v) is 5.75. The number of hydrogen-bond acceptors (Lipinski definition) is 4. The van der Waals surface area contributed by atoms with Crippen molar-refractivity contribution < 1.29 is 13.2 Å². The topological polar surface area (TPSA) is 55.4 Å². The Morgan fingerprint density at radius 2 is 1.88 bits per heavy atom. The van der Waals surface area contributed by atoms with E-state index in [-0.39, 0.29) is 6.10 Å². The van der Waals surface area contributed by atoms with Crippen LogP contribution in [0.3, 0.4) is 0 Å². The van der Waals surface area contributed by atoms with Gasteiger partial charge in [0, 0.05) is 12.8 Å². The molecule has 0 amide bonds. The van der Waals surface area contributed by atoms with Gasteiger partial charge in [-0.25, -0.2) is 8.42 Å². The summed E-state index contributed by atoms with van der Waals surface area (Å²) in [5.41, 5.74) is 0. The molecule has 0 aliphatic rings. The van der Waals surface area contributed by atoms with E-state index in [1.165, 1.54) is 6.26 Å². The lowest BCUT2D eigenvalue weighted by Crippen LogP contribution is -2.25. The Morgan fingerprint density at radius 3 is 2.31 bits per heavy atom. The fourth-order valence-corrected chi connectivity index (χ4v) is 1.96. The van der Waals surface area contributed by atoms with Gasteiger partial charge in [0.25, 0.3) is 0 Å². The zero-order chi connectivity index (χ0) is 12.2. The molecule has 90 valence electrons. The maximum absolute atomic E-state index is 11.2. The quantitative estimate of drug-likeness (QED) is 0.840. The molecule has 1 aromatic rings. The molecular weight excluding hydrogens is 226 g/mol. The maximum Gasteiger partial charge on any atom is 0.175 e. The van der Waals surface area contributed by atoms with Crippen molar-refractivity contribution in [1.29, 1.82) is 0 Å². The molecule has 1 unspecified atom stereocenters. The molecule has 1 rings (SSSR count). The molecule has 0 aromatic heterocycles. The molecule has 0 spiro atoms. The first kappa shape index (κ1) is 13.0. The molecule has 1 atom stereocenters. The van der Waals surface area contributed by atoms with Gasteiger partial charge in [0.1, 0.15) is 11.9 Å². The molecule has 0 fully saturated rings. The van der Waals surface area contributed by atoms with Crippen LogP contribution in [0.5, 0.6) is 5.75 Å². The molecule has 1 aromatic carbocycles. The zero-order valence-corrected chi connectivity index (χ0v) is 10.5. The summed E-state index contributed by atoms with van der Waals surface area (Å²) in [5.74, 6) is 0.676. The third kappa shape index (κ3) is 3.83. The minimum Gasteiger partial charge on any atom is -0.489 e. The van der Waals surface area contributed by atoms with Gasteiger partial charge >= 0.3 is 0 Å². The monoisotopic (exact) mass is 243 g/mol. The van der Waals surface area contributed by atoms with E-state index < -0.39 is 9.84 Å². The van der Waals surface area contributed by atoms with Crippen molar-refractivity contribution in [2.24, 2.45) is 0 Å². The van der Waals surface area contributed by atoms with Crippen molar-refractivity contribution in [2.45, 2.75) is 17.9 Å². The Balaban J connectivity index is 2.72. The summed E-state index contributed by atoms with van der Waals surface area (Å²) < 4.78 is 28.0. The van der Waals surface area contributed by atoms with Crippen LogP contribution in [0.15, 0.2) is 29.2 Å². The summed E-state index contributed by atoms with van der Waals surface area (Å²) in [6.07, 6.45) is 1.24. The van der Waals surface area contributed by atoms with Crippen LogP contribution in [0, 0.1) is 0 Å². The van der Waals surface area contributed by atoms with Crippen molar-refractivity contribution in [3.63, 3.8) is 0 Å². The average molecular weight is 243 g/mol. The van der Waals surface area contributed by atoms with Crippen LogP contribution >= 0.6 is 0 Å². The number of sulfone groups is 1. The minimum absolute atomic E-state index is 0.0501. The molecule has 1 N–H and O–H groups in total. The van der Waals surface area contributed by atoms with Crippen molar-refractivity contribution in [3.8, 4) is 5.75 Å². The Labute approximate surface area is 96.5 Å². The highest BCUT2D eigenvalue weighted by molar-refractivity contribution is 7.90. The van der Waals surface area contributed by atoms with Crippen LogP contribution in [0.1, 0.15) is 6.92 Å². The van der Waals surface area contributed by atoms with Gasteiger partial charge < -0.3 is 10.1 Å². The van der Waals surface area contributed by atoms with E-state index in [1.807, 2.05) is 14.0 Å².